The second kappa shape index (κ2) is 2.78. The molecule has 0 saturated heterocycles. The van der Waals surface area contributed by atoms with E-state index in [9.17, 15) is 9.90 Å². The molecule has 0 saturated carbocycles. The number of hydrogen-bond donors (Lipinski definition) is 0. The Morgan fingerprint density at radius 3 is 2.40 bits per heavy atom. The molecule has 10 heavy (non-hydrogen) atoms. The van der Waals surface area contributed by atoms with Gasteiger partial charge in [-0.2, -0.15) is 0 Å². The van der Waals surface area contributed by atoms with E-state index < -0.39 is 5.97 Å². The average Bonchev–Trinajstić information content (AvgIpc) is 2.13. The number of carboxylic acid groups (broad SMARTS) is 1. The molecule has 2 nitrogen and oxygen atoms in total. The molecule has 0 aliphatic rings. The molecule has 1 aromatic rings. The summed E-state index contributed by atoms with van der Waals surface area (Å²) in [6.45, 7) is 0. The van der Waals surface area contributed by atoms with Crippen molar-refractivity contribution in [2.24, 2.45) is 0 Å². The van der Waals surface area contributed by atoms with Gasteiger partial charge in [-0.15, -0.1) is 11.3 Å². The number of carbonyl (C=O) groups is 1. The highest BCUT2D eigenvalue weighted by Crippen LogP contribution is 2.30. The largest absolute Gasteiger partial charge is 0.544 e. The smallest absolute Gasteiger partial charge is 0.112 e. The van der Waals surface area contributed by atoms with Crippen LogP contribution in [0.4, 0.5) is 0 Å². The summed E-state index contributed by atoms with van der Waals surface area (Å²) in [7, 11) is 0. The van der Waals surface area contributed by atoms with Gasteiger partial charge in [0.2, 0.25) is 0 Å². The highest BCUT2D eigenvalue weighted by molar-refractivity contribution is 7.18. The quantitative estimate of drug-likeness (QED) is 0.681. The number of rotatable bonds is 1. The summed E-state index contributed by atoms with van der Waals surface area (Å²) in [5, 5.41) is 10.4. The van der Waals surface area contributed by atoms with Crippen molar-refractivity contribution in [1.82, 2.24) is 0 Å². The second-order valence-corrected chi connectivity index (χ2v) is 3.58. The summed E-state index contributed by atoms with van der Waals surface area (Å²) in [5.41, 5.74) is 0. The Labute approximate surface area is 71.0 Å². The maximum atomic E-state index is 10.1. The second-order valence-electron chi connectivity index (χ2n) is 1.52. The molecule has 0 bridgehead atoms. The van der Waals surface area contributed by atoms with Crippen LogP contribution in [0.15, 0.2) is 6.07 Å². The Bertz CT molecular complexity index is 249. The lowest BCUT2D eigenvalue weighted by Gasteiger charge is -1.91. The van der Waals surface area contributed by atoms with Crippen LogP contribution in [0.3, 0.4) is 0 Å². The molecule has 0 spiro atoms. The zero-order valence-corrected chi connectivity index (χ0v) is 6.89. The summed E-state index contributed by atoms with van der Waals surface area (Å²) >= 11 is 11.8. The van der Waals surface area contributed by atoms with Crippen LogP contribution in [0.5, 0.6) is 0 Å². The predicted molar refractivity (Wildman–Crippen MR) is 38.7 cm³/mol. The standard InChI is InChI=1S/C5H2Cl2O2S/c6-2-1-3(5(8)9)10-4(2)7/h1H,(H,8,9)/p-1. The van der Waals surface area contributed by atoms with Crippen LogP contribution in [0.2, 0.25) is 9.36 Å². The van der Waals surface area contributed by atoms with Crippen molar-refractivity contribution >= 4 is 40.5 Å². The zero-order valence-electron chi connectivity index (χ0n) is 4.56. The van der Waals surface area contributed by atoms with Gasteiger partial charge in [0.1, 0.15) is 4.34 Å². The summed E-state index contributed by atoms with van der Waals surface area (Å²) in [5.74, 6) is -1.25. The molecule has 0 aromatic carbocycles. The molecule has 1 aromatic heterocycles. The summed E-state index contributed by atoms with van der Waals surface area (Å²) in [4.78, 5) is 10.2. The van der Waals surface area contributed by atoms with Crippen molar-refractivity contribution in [1.29, 1.82) is 0 Å². The number of carboxylic acids is 1. The lowest BCUT2D eigenvalue weighted by Crippen LogP contribution is -2.20. The van der Waals surface area contributed by atoms with E-state index in [4.69, 9.17) is 23.2 Å². The van der Waals surface area contributed by atoms with Crippen molar-refractivity contribution in [2.75, 3.05) is 0 Å². The lowest BCUT2D eigenvalue weighted by molar-refractivity contribution is -0.254. The number of hydrogen-bond acceptors (Lipinski definition) is 3. The molecule has 0 aliphatic carbocycles. The Kier molecular flexibility index (Phi) is 2.18. The van der Waals surface area contributed by atoms with Crippen molar-refractivity contribution in [2.45, 2.75) is 0 Å². The number of aromatic carboxylic acids is 1. The monoisotopic (exact) mass is 195 g/mol. The van der Waals surface area contributed by atoms with Gasteiger partial charge in [0.25, 0.3) is 0 Å². The average molecular weight is 196 g/mol. The Morgan fingerprint density at radius 1 is 1.60 bits per heavy atom. The van der Waals surface area contributed by atoms with E-state index in [0.29, 0.717) is 0 Å². The fraction of sp³-hybridized carbons (Fsp3) is 0. The molecule has 0 radical (unpaired) electrons. The Hall–Kier alpha value is -0.250. The summed E-state index contributed by atoms with van der Waals surface area (Å²) < 4.78 is 0.279. The minimum atomic E-state index is -1.25. The molecule has 0 aliphatic heterocycles. The Balaban J connectivity index is 3.10. The Morgan fingerprint density at radius 2 is 2.20 bits per heavy atom. The minimum Gasteiger partial charge on any atom is -0.544 e. The van der Waals surface area contributed by atoms with Crippen molar-refractivity contribution in [3.8, 4) is 0 Å². The van der Waals surface area contributed by atoms with Crippen LogP contribution in [-0.2, 0) is 0 Å². The van der Waals surface area contributed by atoms with Gasteiger partial charge in [0.05, 0.1) is 15.9 Å². The highest BCUT2D eigenvalue weighted by atomic mass is 35.5. The van der Waals surface area contributed by atoms with Gasteiger partial charge in [0.15, 0.2) is 0 Å². The molecule has 1 heterocycles. The number of thiophene rings is 1. The van der Waals surface area contributed by atoms with Crippen LogP contribution < -0.4 is 5.11 Å². The van der Waals surface area contributed by atoms with Gasteiger partial charge in [-0.3, -0.25) is 0 Å². The van der Waals surface area contributed by atoms with E-state index in [2.05, 4.69) is 0 Å². The molecule has 1 rings (SSSR count). The van der Waals surface area contributed by atoms with Crippen LogP contribution in [0.25, 0.3) is 0 Å². The molecule has 0 atom stereocenters. The van der Waals surface area contributed by atoms with Gasteiger partial charge in [-0.25, -0.2) is 0 Å². The zero-order chi connectivity index (χ0) is 7.72. The first kappa shape index (κ1) is 7.85. The van der Waals surface area contributed by atoms with E-state index in [0.717, 1.165) is 11.3 Å². The van der Waals surface area contributed by atoms with E-state index in [1.165, 1.54) is 6.07 Å². The third kappa shape index (κ3) is 1.42. The molecular weight excluding hydrogens is 195 g/mol. The van der Waals surface area contributed by atoms with Crippen molar-refractivity contribution in [3.05, 3.63) is 20.3 Å². The van der Waals surface area contributed by atoms with Gasteiger partial charge in [-0.1, -0.05) is 23.2 Å². The normalized spacial score (nSPS) is 9.80. The predicted octanol–water partition coefficient (Wildman–Crippen LogP) is 1.42. The molecule has 5 heteroatoms. The molecule has 54 valence electrons. The van der Waals surface area contributed by atoms with Gasteiger partial charge >= 0.3 is 0 Å². The minimum absolute atomic E-state index is 0.0509. The first-order valence-electron chi connectivity index (χ1n) is 2.27. The number of carbonyl (C=O) groups excluding carboxylic acids is 1. The van der Waals surface area contributed by atoms with E-state index >= 15 is 0 Å². The van der Waals surface area contributed by atoms with Gasteiger partial charge in [-0.05, 0) is 6.07 Å². The fourth-order valence-electron chi connectivity index (χ4n) is 0.447. The maximum Gasteiger partial charge on any atom is 0.112 e. The first-order valence-corrected chi connectivity index (χ1v) is 3.84. The van der Waals surface area contributed by atoms with E-state index in [1.54, 1.807) is 0 Å². The molecular formula is C5HCl2O2S-. The van der Waals surface area contributed by atoms with Gasteiger partial charge in [0, 0.05) is 0 Å². The summed E-state index contributed by atoms with van der Waals surface area (Å²) in [6, 6.07) is 1.27. The third-order valence-electron chi connectivity index (χ3n) is 0.846. The fourth-order valence-corrected chi connectivity index (χ4v) is 1.65. The molecule has 0 N–H and O–H groups in total. The third-order valence-corrected chi connectivity index (χ3v) is 2.69. The highest BCUT2D eigenvalue weighted by Gasteiger charge is 2.04. The van der Waals surface area contributed by atoms with Crippen LogP contribution in [0.1, 0.15) is 9.67 Å². The van der Waals surface area contributed by atoms with Crippen molar-refractivity contribution in [3.63, 3.8) is 0 Å². The molecule has 0 amide bonds. The van der Waals surface area contributed by atoms with Crippen LogP contribution in [0, 0.1) is 0 Å². The van der Waals surface area contributed by atoms with E-state index in [1.807, 2.05) is 0 Å². The summed E-state index contributed by atoms with van der Waals surface area (Å²) in [6.07, 6.45) is 0. The first-order chi connectivity index (χ1) is 4.61. The van der Waals surface area contributed by atoms with Crippen LogP contribution >= 0.6 is 34.5 Å². The number of halogens is 2. The van der Waals surface area contributed by atoms with Crippen molar-refractivity contribution < 1.29 is 9.90 Å². The van der Waals surface area contributed by atoms with E-state index in [-0.39, 0.29) is 14.2 Å². The SMILES string of the molecule is O=C([O-])c1cc(Cl)c(Cl)s1. The maximum absolute atomic E-state index is 10.1. The van der Waals surface area contributed by atoms with Gasteiger partial charge < -0.3 is 9.90 Å². The molecule has 0 fully saturated rings. The topological polar surface area (TPSA) is 40.1 Å². The van der Waals surface area contributed by atoms with Crippen LogP contribution in [-0.4, -0.2) is 5.97 Å². The molecule has 0 unspecified atom stereocenters. The lowest BCUT2D eigenvalue weighted by atomic mass is 10.5.